The number of hydrogen-bond donors (Lipinski definition) is 1. The first-order valence-electron chi connectivity index (χ1n) is 32.5. The van der Waals surface area contributed by atoms with Gasteiger partial charge in [-0.15, -0.1) is 0 Å². The molecular formula is C65H120O13. The van der Waals surface area contributed by atoms with Crippen LogP contribution in [0.2, 0.25) is 0 Å². The second-order valence-electron chi connectivity index (χ2n) is 22.9. The molecule has 1 N–H and O–H groups in total. The number of hydrogen-bond acceptors (Lipinski definition) is 13. The molecule has 0 bridgehead atoms. The molecule has 458 valence electrons. The Morgan fingerprint density at radius 2 is 0.487 bits per heavy atom. The molecule has 0 atom stereocenters. The first kappa shape index (κ1) is 74.8. The summed E-state index contributed by atoms with van der Waals surface area (Å²) in [5.41, 5.74) is -1.39. The molecule has 78 heavy (non-hydrogen) atoms. The predicted molar refractivity (Wildman–Crippen MR) is 314 cm³/mol. The monoisotopic (exact) mass is 1110 g/mol. The summed E-state index contributed by atoms with van der Waals surface area (Å²) in [6.07, 6.45) is 37.9. The van der Waals surface area contributed by atoms with Crippen LogP contribution in [0.25, 0.3) is 0 Å². The van der Waals surface area contributed by atoms with Crippen LogP contribution in [-0.4, -0.2) is 87.2 Å². The Labute approximate surface area is 477 Å². The highest BCUT2D eigenvalue weighted by Gasteiger charge is 2.35. The summed E-state index contributed by atoms with van der Waals surface area (Å²) in [5, 5.41) is 10.7. The third kappa shape index (κ3) is 46.5. The number of ether oxygens (including phenoxy) is 6. The minimum Gasteiger partial charge on any atom is -0.466 e. The molecule has 0 unspecified atom stereocenters. The summed E-state index contributed by atoms with van der Waals surface area (Å²) < 4.78 is 33.6. The van der Waals surface area contributed by atoms with Gasteiger partial charge in [-0.25, -0.2) is 0 Å². The lowest BCUT2D eigenvalue weighted by Gasteiger charge is -2.30. The maximum absolute atomic E-state index is 13.0. The first-order chi connectivity index (χ1) is 37.9. The standard InChI is InChI=1S/C65H120O13/c1-7-13-22-34-56(35-23-14-8-2)46-49-73-59(67)40-28-19-31-43-62(70)76-53-65(52-66,54-77-63(71)44-32-20-29-41-60(68)74-50-47-57(36-24-15-9-3)37-25-16-10-4)55-78-64(72)45-33-21-30-42-61(69)75-51-48-58(38-26-17-11-5)39-27-18-12-6/h56-58,66H,7-55H2,1-6H3. The third-order valence-corrected chi connectivity index (χ3v) is 15.4. The zero-order valence-electron chi connectivity index (χ0n) is 51.2. The second-order valence-corrected chi connectivity index (χ2v) is 22.9. The van der Waals surface area contributed by atoms with E-state index < -0.39 is 29.9 Å². The van der Waals surface area contributed by atoms with Gasteiger partial charge in [0.05, 0.1) is 31.8 Å². The molecule has 0 aromatic rings. The van der Waals surface area contributed by atoms with Crippen LogP contribution in [0.4, 0.5) is 0 Å². The Morgan fingerprint density at radius 1 is 0.282 bits per heavy atom. The summed E-state index contributed by atoms with van der Waals surface area (Å²) in [5.74, 6) is -0.428. The average Bonchev–Trinajstić information content (AvgIpc) is 3.43. The summed E-state index contributed by atoms with van der Waals surface area (Å²) in [7, 11) is 0. The highest BCUT2D eigenvalue weighted by atomic mass is 16.6. The fraction of sp³-hybridized carbons (Fsp3) is 0.908. The van der Waals surface area contributed by atoms with Crippen LogP contribution < -0.4 is 0 Å². The van der Waals surface area contributed by atoms with Crippen LogP contribution in [0.15, 0.2) is 0 Å². The Morgan fingerprint density at radius 3 is 0.679 bits per heavy atom. The lowest BCUT2D eigenvalue weighted by atomic mass is 9.92. The van der Waals surface area contributed by atoms with Crippen molar-refractivity contribution in [2.75, 3.05) is 46.2 Å². The zero-order chi connectivity index (χ0) is 57.6. The van der Waals surface area contributed by atoms with Gasteiger partial charge in [-0.3, -0.25) is 28.8 Å². The fourth-order valence-electron chi connectivity index (χ4n) is 9.96. The minimum atomic E-state index is -1.39. The molecule has 13 heteroatoms. The predicted octanol–water partition coefficient (Wildman–Crippen LogP) is 16.6. The summed E-state index contributed by atoms with van der Waals surface area (Å²) in [6, 6.07) is 0. The molecule has 0 saturated carbocycles. The van der Waals surface area contributed by atoms with Crippen LogP contribution in [0.3, 0.4) is 0 Å². The van der Waals surface area contributed by atoms with Gasteiger partial charge in [0.1, 0.15) is 19.8 Å². The van der Waals surface area contributed by atoms with E-state index in [0.29, 0.717) is 95.4 Å². The minimum absolute atomic E-state index is 0.0889. The van der Waals surface area contributed by atoms with E-state index in [1.165, 1.54) is 154 Å². The molecule has 0 saturated heterocycles. The van der Waals surface area contributed by atoms with Crippen LogP contribution in [0.1, 0.15) is 311 Å². The number of carbonyl (C=O) groups is 6. The Kier molecular flexibility index (Phi) is 52.1. The average molecular weight is 1110 g/mol. The van der Waals surface area contributed by atoms with E-state index in [1.807, 2.05) is 0 Å². The topological polar surface area (TPSA) is 178 Å². The van der Waals surface area contributed by atoms with Gasteiger partial charge in [-0.05, 0) is 75.5 Å². The van der Waals surface area contributed by atoms with Gasteiger partial charge in [-0.2, -0.15) is 0 Å². The Hall–Kier alpha value is -3.22. The summed E-state index contributed by atoms with van der Waals surface area (Å²) >= 11 is 0. The van der Waals surface area contributed by atoms with Crippen molar-refractivity contribution in [2.24, 2.45) is 23.2 Å². The maximum Gasteiger partial charge on any atom is 0.305 e. The molecule has 0 spiro atoms. The SMILES string of the molecule is CCCCCC(CCCCC)CCOC(=O)CCCCCC(=O)OCC(CO)(COC(=O)CCCCCC(=O)OCCC(CCCCC)CCCCC)COC(=O)CCCCCC(=O)OCCC(CCCCC)CCCCC. The molecule has 0 heterocycles. The number of carbonyl (C=O) groups excluding carboxylic acids is 6. The van der Waals surface area contributed by atoms with Crippen LogP contribution in [-0.2, 0) is 57.2 Å². The van der Waals surface area contributed by atoms with E-state index >= 15 is 0 Å². The molecule has 0 fully saturated rings. The lowest BCUT2D eigenvalue weighted by Crippen LogP contribution is -2.42. The van der Waals surface area contributed by atoms with Crippen molar-refractivity contribution in [2.45, 2.75) is 311 Å². The smallest absolute Gasteiger partial charge is 0.305 e. The van der Waals surface area contributed by atoms with Gasteiger partial charge in [-0.1, -0.05) is 215 Å². The number of aliphatic hydroxyl groups is 1. The van der Waals surface area contributed by atoms with Crippen molar-refractivity contribution in [3.8, 4) is 0 Å². The highest BCUT2D eigenvalue weighted by molar-refractivity contribution is 5.71. The van der Waals surface area contributed by atoms with Crippen LogP contribution in [0, 0.1) is 23.2 Å². The molecule has 0 rings (SSSR count). The molecule has 0 aliphatic carbocycles. The van der Waals surface area contributed by atoms with Crippen molar-refractivity contribution in [1.29, 1.82) is 0 Å². The first-order valence-corrected chi connectivity index (χ1v) is 32.5. The molecule has 0 radical (unpaired) electrons. The number of esters is 6. The Bertz CT molecular complexity index is 1260. The van der Waals surface area contributed by atoms with Crippen molar-refractivity contribution in [3.63, 3.8) is 0 Å². The second kappa shape index (κ2) is 54.4. The van der Waals surface area contributed by atoms with Crippen molar-refractivity contribution in [3.05, 3.63) is 0 Å². The summed E-state index contributed by atoms with van der Waals surface area (Å²) in [4.78, 5) is 76.4. The van der Waals surface area contributed by atoms with E-state index in [0.717, 1.165) is 19.3 Å². The number of unbranched alkanes of at least 4 members (excludes halogenated alkanes) is 18. The van der Waals surface area contributed by atoms with Crippen LogP contribution in [0.5, 0.6) is 0 Å². The largest absolute Gasteiger partial charge is 0.466 e. The third-order valence-electron chi connectivity index (χ3n) is 15.4. The van der Waals surface area contributed by atoms with Gasteiger partial charge in [0.2, 0.25) is 0 Å². The fourth-order valence-corrected chi connectivity index (χ4v) is 9.96. The number of aliphatic hydroxyl groups excluding tert-OH is 1. The zero-order valence-corrected chi connectivity index (χ0v) is 51.2. The lowest BCUT2D eigenvalue weighted by molar-refractivity contribution is -0.165. The molecule has 0 aromatic carbocycles. The molecule has 0 aliphatic heterocycles. The van der Waals surface area contributed by atoms with Crippen molar-refractivity contribution < 1.29 is 62.3 Å². The van der Waals surface area contributed by atoms with Crippen molar-refractivity contribution >= 4 is 35.8 Å². The van der Waals surface area contributed by atoms with Gasteiger partial charge >= 0.3 is 35.8 Å². The van der Waals surface area contributed by atoms with Gasteiger partial charge in [0.25, 0.3) is 0 Å². The van der Waals surface area contributed by atoms with Gasteiger partial charge in [0.15, 0.2) is 0 Å². The molecule has 0 aromatic heterocycles. The quantitative estimate of drug-likeness (QED) is 0.0346. The number of rotatable bonds is 58. The molecule has 13 nitrogen and oxygen atoms in total. The van der Waals surface area contributed by atoms with Crippen molar-refractivity contribution in [1.82, 2.24) is 0 Å². The molecular weight excluding hydrogens is 989 g/mol. The molecule has 0 aliphatic rings. The van der Waals surface area contributed by atoms with Gasteiger partial charge in [0, 0.05) is 38.5 Å². The highest BCUT2D eigenvalue weighted by Crippen LogP contribution is 2.25. The van der Waals surface area contributed by atoms with E-state index in [9.17, 15) is 33.9 Å². The van der Waals surface area contributed by atoms with E-state index in [4.69, 9.17) is 28.4 Å². The van der Waals surface area contributed by atoms with E-state index in [-0.39, 0.29) is 76.3 Å². The Balaban J connectivity index is 5.13. The normalized spacial score (nSPS) is 11.6. The maximum atomic E-state index is 13.0. The van der Waals surface area contributed by atoms with E-state index in [1.54, 1.807) is 0 Å². The van der Waals surface area contributed by atoms with E-state index in [2.05, 4.69) is 41.5 Å². The summed E-state index contributed by atoms with van der Waals surface area (Å²) in [6.45, 7) is 13.0. The van der Waals surface area contributed by atoms with Crippen LogP contribution >= 0.6 is 0 Å². The van der Waals surface area contributed by atoms with Gasteiger partial charge < -0.3 is 33.5 Å². The molecule has 0 amide bonds.